The molecule has 0 saturated carbocycles. The zero-order valence-electron chi connectivity index (χ0n) is 9.47. The molecule has 1 fully saturated rings. The fourth-order valence-corrected chi connectivity index (χ4v) is 1.99. The molecule has 2 aromatic heterocycles. The minimum atomic E-state index is 0.286. The standard InChI is InChI=1S/C13H14N2O/c1-9-3-4-10(2)15(9)13-6-5-11(7-14-13)12-8-16-12/h3-7,12H,8H2,1-2H3/t12-/m1/s1. The quantitative estimate of drug-likeness (QED) is 0.719. The predicted molar refractivity (Wildman–Crippen MR) is 61.7 cm³/mol. The van der Waals surface area contributed by atoms with Crippen molar-refractivity contribution in [3.8, 4) is 5.82 Å². The number of rotatable bonds is 2. The number of epoxide rings is 1. The molecule has 0 amide bonds. The molecule has 0 unspecified atom stereocenters. The van der Waals surface area contributed by atoms with E-state index < -0.39 is 0 Å². The van der Waals surface area contributed by atoms with E-state index in [1.807, 2.05) is 6.20 Å². The topological polar surface area (TPSA) is 30.4 Å². The summed E-state index contributed by atoms with van der Waals surface area (Å²) in [6, 6.07) is 8.36. The molecule has 82 valence electrons. The maximum absolute atomic E-state index is 5.23. The second kappa shape index (κ2) is 3.46. The lowest BCUT2D eigenvalue weighted by atomic mass is 10.2. The molecule has 1 aliphatic rings. The van der Waals surface area contributed by atoms with Crippen LogP contribution in [0.5, 0.6) is 0 Å². The highest BCUT2D eigenvalue weighted by Gasteiger charge is 2.24. The van der Waals surface area contributed by atoms with E-state index in [0.717, 1.165) is 12.4 Å². The van der Waals surface area contributed by atoms with Crippen LogP contribution < -0.4 is 0 Å². The Labute approximate surface area is 94.7 Å². The van der Waals surface area contributed by atoms with Crippen LogP contribution in [0.3, 0.4) is 0 Å². The average Bonchev–Trinajstić information content (AvgIpc) is 3.07. The first-order valence-corrected chi connectivity index (χ1v) is 5.48. The molecule has 3 nitrogen and oxygen atoms in total. The molecule has 1 saturated heterocycles. The van der Waals surface area contributed by atoms with E-state index in [9.17, 15) is 0 Å². The van der Waals surface area contributed by atoms with Crippen LogP contribution in [-0.2, 0) is 4.74 Å². The Morgan fingerprint density at radius 3 is 2.38 bits per heavy atom. The third kappa shape index (κ3) is 1.53. The van der Waals surface area contributed by atoms with Crippen LogP contribution in [-0.4, -0.2) is 16.2 Å². The van der Waals surface area contributed by atoms with Crippen molar-refractivity contribution < 1.29 is 4.74 Å². The van der Waals surface area contributed by atoms with Crippen LogP contribution in [0.15, 0.2) is 30.5 Å². The van der Waals surface area contributed by atoms with Crippen LogP contribution in [0, 0.1) is 13.8 Å². The van der Waals surface area contributed by atoms with E-state index in [2.05, 4.69) is 47.7 Å². The highest BCUT2D eigenvalue weighted by atomic mass is 16.6. The predicted octanol–water partition coefficient (Wildman–Crippen LogP) is 2.56. The second-order valence-electron chi connectivity index (χ2n) is 4.22. The first-order valence-electron chi connectivity index (χ1n) is 5.48. The van der Waals surface area contributed by atoms with Crippen LogP contribution in [0.4, 0.5) is 0 Å². The van der Waals surface area contributed by atoms with Crippen molar-refractivity contribution >= 4 is 0 Å². The second-order valence-corrected chi connectivity index (χ2v) is 4.22. The molecule has 0 bridgehead atoms. The van der Waals surface area contributed by atoms with Crippen LogP contribution in [0.1, 0.15) is 23.1 Å². The summed E-state index contributed by atoms with van der Waals surface area (Å²) in [4.78, 5) is 4.49. The van der Waals surface area contributed by atoms with Gasteiger partial charge in [-0.25, -0.2) is 4.98 Å². The lowest BCUT2D eigenvalue weighted by molar-refractivity contribution is 0.415. The zero-order valence-corrected chi connectivity index (χ0v) is 9.47. The van der Waals surface area contributed by atoms with Crippen molar-refractivity contribution in [2.75, 3.05) is 6.61 Å². The van der Waals surface area contributed by atoms with E-state index in [0.29, 0.717) is 0 Å². The number of aryl methyl sites for hydroxylation is 2. The number of aromatic nitrogens is 2. The van der Waals surface area contributed by atoms with Gasteiger partial charge in [-0.15, -0.1) is 0 Å². The molecule has 0 radical (unpaired) electrons. The van der Waals surface area contributed by atoms with Crippen molar-refractivity contribution in [2.45, 2.75) is 20.0 Å². The van der Waals surface area contributed by atoms with Gasteiger partial charge in [0.1, 0.15) is 11.9 Å². The number of ether oxygens (including phenoxy) is 1. The van der Waals surface area contributed by atoms with Gasteiger partial charge < -0.3 is 9.30 Å². The van der Waals surface area contributed by atoms with Crippen molar-refractivity contribution in [3.05, 3.63) is 47.4 Å². The molecular weight excluding hydrogens is 200 g/mol. The molecule has 1 aliphatic heterocycles. The van der Waals surface area contributed by atoms with Gasteiger partial charge in [0.15, 0.2) is 0 Å². The summed E-state index contributed by atoms with van der Waals surface area (Å²) >= 11 is 0. The molecule has 0 aliphatic carbocycles. The number of hydrogen-bond acceptors (Lipinski definition) is 2. The summed E-state index contributed by atoms with van der Waals surface area (Å²) in [7, 11) is 0. The lowest BCUT2D eigenvalue weighted by Crippen LogP contribution is -2.01. The molecule has 3 heteroatoms. The Hall–Kier alpha value is -1.61. The van der Waals surface area contributed by atoms with Gasteiger partial charge in [0.05, 0.1) is 6.61 Å². The molecular formula is C13H14N2O. The molecule has 1 atom stereocenters. The molecule has 2 aromatic rings. The zero-order chi connectivity index (χ0) is 11.1. The third-order valence-corrected chi connectivity index (χ3v) is 2.98. The van der Waals surface area contributed by atoms with Gasteiger partial charge in [-0.1, -0.05) is 6.07 Å². The molecule has 0 aromatic carbocycles. The van der Waals surface area contributed by atoms with Crippen LogP contribution in [0.2, 0.25) is 0 Å². The van der Waals surface area contributed by atoms with Gasteiger partial charge in [-0.05, 0) is 32.0 Å². The minimum absolute atomic E-state index is 0.286. The van der Waals surface area contributed by atoms with Crippen molar-refractivity contribution in [2.24, 2.45) is 0 Å². The van der Waals surface area contributed by atoms with Gasteiger partial charge in [-0.2, -0.15) is 0 Å². The minimum Gasteiger partial charge on any atom is -0.368 e. The normalized spacial score (nSPS) is 18.8. The highest BCUT2D eigenvalue weighted by Crippen LogP contribution is 2.29. The van der Waals surface area contributed by atoms with Gasteiger partial charge in [0.2, 0.25) is 0 Å². The molecule has 3 rings (SSSR count). The first-order chi connectivity index (χ1) is 7.75. The Morgan fingerprint density at radius 1 is 1.19 bits per heavy atom. The van der Waals surface area contributed by atoms with Crippen molar-refractivity contribution in [3.63, 3.8) is 0 Å². The fourth-order valence-electron chi connectivity index (χ4n) is 1.99. The average molecular weight is 214 g/mol. The maximum Gasteiger partial charge on any atom is 0.136 e. The Bertz CT molecular complexity index is 490. The van der Waals surface area contributed by atoms with Crippen LogP contribution in [0.25, 0.3) is 5.82 Å². The monoisotopic (exact) mass is 214 g/mol. The first kappa shape index (κ1) is 9.60. The lowest BCUT2D eigenvalue weighted by Gasteiger charge is -2.08. The summed E-state index contributed by atoms with van der Waals surface area (Å²) in [6.07, 6.45) is 2.19. The van der Waals surface area contributed by atoms with Crippen molar-refractivity contribution in [1.29, 1.82) is 0 Å². The summed E-state index contributed by atoms with van der Waals surface area (Å²) in [6.45, 7) is 5.02. The summed E-state index contributed by atoms with van der Waals surface area (Å²) < 4.78 is 7.38. The fraction of sp³-hybridized carbons (Fsp3) is 0.308. The maximum atomic E-state index is 5.23. The van der Waals surface area contributed by atoms with E-state index >= 15 is 0 Å². The SMILES string of the molecule is Cc1ccc(C)n1-c1ccc([C@H]2CO2)cn1. The third-order valence-electron chi connectivity index (χ3n) is 2.98. The molecule has 3 heterocycles. The molecule has 16 heavy (non-hydrogen) atoms. The summed E-state index contributed by atoms with van der Waals surface area (Å²) in [5.41, 5.74) is 3.59. The highest BCUT2D eigenvalue weighted by molar-refractivity contribution is 5.33. The summed E-state index contributed by atoms with van der Waals surface area (Å²) in [5, 5.41) is 0. The molecule has 0 N–H and O–H groups in total. The van der Waals surface area contributed by atoms with Crippen molar-refractivity contribution in [1.82, 2.24) is 9.55 Å². The van der Waals surface area contributed by atoms with Gasteiger partial charge in [0, 0.05) is 23.1 Å². The van der Waals surface area contributed by atoms with E-state index in [4.69, 9.17) is 4.74 Å². The van der Waals surface area contributed by atoms with E-state index in [-0.39, 0.29) is 6.10 Å². The van der Waals surface area contributed by atoms with E-state index in [1.54, 1.807) is 0 Å². The smallest absolute Gasteiger partial charge is 0.136 e. The number of nitrogens with zero attached hydrogens (tertiary/aromatic N) is 2. The van der Waals surface area contributed by atoms with E-state index in [1.165, 1.54) is 17.0 Å². The Kier molecular flexibility index (Phi) is 2.07. The van der Waals surface area contributed by atoms with Crippen LogP contribution >= 0.6 is 0 Å². The van der Waals surface area contributed by atoms with Gasteiger partial charge >= 0.3 is 0 Å². The van der Waals surface area contributed by atoms with Gasteiger partial charge in [0.25, 0.3) is 0 Å². The molecule has 0 spiro atoms. The summed E-state index contributed by atoms with van der Waals surface area (Å²) in [5.74, 6) is 0.976. The Morgan fingerprint density at radius 2 is 1.88 bits per heavy atom. The Balaban J connectivity index is 2.00. The number of pyridine rings is 1. The number of hydrogen-bond donors (Lipinski definition) is 0. The van der Waals surface area contributed by atoms with Gasteiger partial charge in [-0.3, -0.25) is 0 Å². The largest absolute Gasteiger partial charge is 0.368 e.